The first-order valence-corrected chi connectivity index (χ1v) is 10.3. The number of carboxylic acids is 1. The highest BCUT2D eigenvalue weighted by atomic mass is 79.9. The van der Waals surface area contributed by atoms with Gasteiger partial charge in [-0.2, -0.15) is 5.10 Å². The number of aliphatic carboxylic acids is 1. The molecule has 1 aliphatic carbocycles. The van der Waals surface area contributed by atoms with E-state index in [4.69, 9.17) is 9.72 Å². The maximum atomic E-state index is 11.2. The lowest BCUT2D eigenvalue weighted by atomic mass is 9.97. The average molecular weight is 457 g/mol. The summed E-state index contributed by atoms with van der Waals surface area (Å²) in [6.07, 6.45) is 10.4. The van der Waals surface area contributed by atoms with E-state index in [1.165, 1.54) is 12.8 Å². The summed E-state index contributed by atoms with van der Waals surface area (Å²) >= 11 is 3.48. The summed E-state index contributed by atoms with van der Waals surface area (Å²) in [5.41, 5.74) is 3.87. The second-order valence-corrected chi connectivity index (χ2v) is 7.98. The van der Waals surface area contributed by atoms with Crippen LogP contribution in [0.5, 0.6) is 0 Å². The highest BCUT2D eigenvalue weighted by Gasteiger charge is 2.23. The molecule has 1 fully saturated rings. The third kappa shape index (κ3) is 4.38. The number of carboxylic acid groups (broad SMARTS) is 1. The van der Waals surface area contributed by atoms with Gasteiger partial charge >= 0.3 is 5.97 Å². The van der Waals surface area contributed by atoms with Gasteiger partial charge in [0.15, 0.2) is 5.65 Å². The second-order valence-electron chi connectivity index (χ2n) is 7.07. The number of pyridine rings is 2. The molecule has 0 unspecified atom stereocenters. The fourth-order valence-electron chi connectivity index (χ4n) is 3.29. The molecule has 0 saturated heterocycles. The van der Waals surface area contributed by atoms with E-state index >= 15 is 0 Å². The second kappa shape index (κ2) is 8.42. The Bertz CT molecular complexity index is 1090. The Kier molecular flexibility index (Phi) is 5.73. The van der Waals surface area contributed by atoms with Crippen molar-refractivity contribution < 1.29 is 14.6 Å². The molecule has 1 N–H and O–H groups in total. The Morgan fingerprint density at radius 3 is 2.90 bits per heavy atom. The zero-order chi connectivity index (χ0) is 20.4. The third-order valence-corrected chi connectivity index (χ3v) is 5.31. The van der Waals surface area contributed by atoms with Gasteiger partial charge in [0.1, 0.15) is 0 Å². The number of halogens is 1. The van der Waals surface area contributed by atoms with Gasteiger partial charge in [-0.3, -0.25) is 4.98 Å². The minimum Gasteiger partial charge on any atom is -0.478 e. The molecule has 0 amide bonds. The van der Waals surface area contributed by atoms with Gasteiger partial charge in [0.2, 0.25) is 0 Å². The first-order chi connectivity index (χ1) is 14.1. The van der Waals surface area contributed by atoms with Crippen LogP contribution in [0, 0.1) is 5.92 Å². The van der Waals surface area contributed by atoms with Crippen molar-refractivity contribution in [3.05, 3.63) is 46.5 Å². The summed E-state index contributed by atoms with van der Waals surface area (Å²) in [4.78, 5) is 20.3. The molecule has 3 aromatic rings. The van der Waals surface area contributed by atoms with Crippen LogP contribution in [0.3, 0.4) is 0 Å². The van der Waals surface area contributed by atoms with Gasteiger partial charge in [-0.05, 0) is 53.8 Å². The molecule has 1 aliphatic rings. The molecule has 0 aliphatic heterocycles. The number of carbonyl (C=O) groups is 1. The summed E-state index contributed by atoms with van der Waals surface area (Å²) in [5, 5.41) is 14.5. The van der Waals surface area contributed by atoms with Gasteiger partial charge < -0.3 is 9.84 Å². The molecule has 3 aromatic heterocycles. The topological polar surface area (TPSA) is 90.1 Å². The van der Waals surface area contributed by atoms with Crippen LogP contribution in [0.4, 0.5) is 0 Å². The first kappa shape index (κ1) is 19.7. The molecule has 4 rings (SSSR count). The number of fused-ring (bicyclic) bond motifs is 1. The molecule has 0 aromatic carbocycles. The molecule has 150 valence electrons. The highest BCUT2D eigenvalue weighted by molar-refractivity contribution is 9.10. The van der Waals surface area contributed by atoms with Crippen molar-refractivity contribution >= 4 is 39.0 Å². The third-order valence-electron chi connectivity index (χ3n) is 4.88. The van der Waals surface area contributed by atoms with Crippen LogP contribution in [0.15, 0.2) is 35.2 Å². The molecule has 3 heterocycles. The Balaban J connectivity index is 1.92. The van der Waals surface area contributed by atoms with Crippen LogP contribution in [0.2, 0.25) is 0 Å². The molecule has 0 radical (unpaired) electrons. The van der Waals surface area contributed by atoms with E-state index in [9.17, 15) is 9.90 Å². The Labute approximate surface area is 176 Å². The van der Waals surface area contributed by atoms with Crippen molar-refractivity contribution in [3.8, 4) is 11.1 Å². The molecule has 7 nitrogen and oxygen atoms in total. The van der Waals surface area contributed by atoms with Crippen molar-refractivity contribution in [2.24, 2.45) is 5.92 Å². The van der Waals surface area contributed by atoms with Crippen LogP contribution in [-0.2, 0) is 22.7 Å². The van der Waals surface area contributed by atoms with Gasteiger partial charge in [-0.15, -0.1) is 0 Å². The lowest BCUT2D eigenvalue weighted by molar-refractivity contribution is -0.131. The fourth-order valence-corrected chi connectivity index (χ4v) is 3.66. The number of aromatic nitrogens is 4. The van der Waals surface area contributed by atoms with Crippen molar-refractivity contribution in [1.82, 2.24) is 19.7 Å². The van der Waals surface area contributed by atoms with Crippen LogP contribution in [0.25, 0.3) is 28.2 Å². The van der Waals surface area contributed by atoms with Crippen LogP contribution in [0.1, 0.15) is 31.0 Å². The quantitative estimate of drug-likeness (QED) is 0.508. The van der Waals surface area contributed by atoms with E-state index in [1.807, 2.05) is 17.7 Å². The minimum absolute atomic E-state index is 0.315. The fraction of sp³-hybridized carbons (Fsp3) is 0.333. The Morgan fingerprint density at radius 1 is 1.38 bits per heavy atom. The van der Waals surface area contributed by atoms with Crippen LogP contribution >= 0.6 is 15.9 Å². The number of aryl methyl sites for hydroxylation is 1. The maximum absolute atomic E-state index is 11.2. The van der Waals surface area contributed by atoms with E-state index in [2.05, 4.69) is 26.0 Å². The smallest absolute Gasteiger partial charge is 0.328 e. The van der Waals surface area contributed by atoms with Crippen molar-refractivity contribution in [1.29, 1.82) is 0 Å². The molecular formula is C21H21BrN4O3. The Hall–Kier alpha value is -2.58. The molecule has 0 bridgehead atoms. The molecule has 1 saturated carbocycles. The first-order valence-electron chi connectivity index (χ1n) is 9.55. The lowest BCUT2D eigenvalue weighted by Gasteiger charge is -2.14. The van der Waals surface area contributed by atoms with Gasteiger partial charge in [0, 0.05) is 58.2 Å². The predicted octanol–water partition coefficient (Wildman–Crippen LogP) is 4.30. The van der Waals surface area contributed by atoms with Crippen molar-refractivity contribution in [2.75, 3.05) is 6.61 Å². The van der Waals surface area contributed by atoms with E-state index in [1.54, 1.807) is 24.7 Å². The van der Waals surface area contributed by atoms with Crippen molar-refractivity contribution in [2.45, 2.75) is 32.9 Å². The molecule has 0 atom stereocenters. The number of hydrogen-bond acceptors (Lipinski definition) is 5. The number of rotatable bonds is 8. The van der Waals surface area contributed by atoms with E-state index in [0.29, 0.717) is 36.9 Å². The lowest BCUT2D eigenvalue weighted by Crippen LogP contribution is -2.06. The largest absolute Gasteiger partial charge is 0.478 e. The highest BCUT2D eigenvalue weighted by Crippen LogP contribution is 2.35. The van der Waals surface area contributed by atoms with Crippen molar-refractivity contribution in [3.63, 3.8) is 0 Å². The Morgan fingerprint density at radius 2 is 2.21 bits per heavy atom. The maximum Gasteiger partial charge on any atom is 0.328 e. The SMILES string of the molecule is CCn1ncc2c(-c3cncc(Br)c3)c(/C=C/C(=O)O)c(COCC3CC3)nc21. The van der Waals surface area contributed by atoms with E-state index < -0.39 is 5.97 Å². The standard InChI is InChI=1S/C21H21BrN4O3/c1-2-26-21-17(10-24-26)20(14-7-15(22)9-23-8-14)16(5-6-19(27)28)18(25-21)12-29-11-13-3-4-13/h5-10,13H,2-4,11-12H2,1H3,(H,27,28)/b6-5+. The van der Waals surface area contributed by atoms with Gasteiger partial charge in [0.05, 0.1) is 18.5 Å². The summed E-state index contributed by atoms with van der Waals surface area (Å²) in [6.45, 7) is 3.70. The molecular weight excluding hydrogens is 436 g/mol. The van der Waals surface area contributed by atoms with Gasteiger partial charge in [0.25, 0.3) is 0 Å². The zero-order valence-corrected chi connectivity index (χ0v) is 17.6. The molecule has 0 spiro atoms. The van der Waals surface area contributed by atoms with Crippen LogP contribution in [-0.4, -0.2) is 37.4 Å². The van der Waals surface area contributed by atoms with Crippen LogP contribution < -0.4 is 0 Å². The summed E-state index contributed by atoms with van der Waals surface area (Å²) in [6, 6.07) is 1.96. The minimum atomic E-state index is -1.02. The summed E-state index contributed by atoms with van der Waals surface area (Å²) in [7, 11) is 0. The van der Waals surface area contributed by atoms with Gasteiger partial charge in [-0.25, -0.2) is 14.5 Å². The normalized spacial score (nSPS) is 14.1. The number of hydrogen-bond donors (Lipinski definition) is 1. The monoisotopic (exact) mass is 456 g/mol. The summed E-state index contributed by atoms with van der Waals surface area (Å²) < 4.78 is 8.57. The number of nitrogens with zero attached hydrogens (tertiary/aromatic N) is 4. The summed E-state index contributed by atoms with van der Waals surface area (Å²) in [5.74, 6) is -0.385. The molecule has 8 heteroatoms. The number of ether oxygens (including phenoxy) is 1. The van der Waals surface area contributed by atoms with Gasteiger partial charge in [-0.1, -0.05) is 0 Å². The average Bonchev–Trinajstić information content (AvgIpc) is 3.43. The van der Waals surface area contributed by atoms with E-state index in [0.717, 1.165) is 32.7 Å². The predicted molar refractivity (Wildman–Crippen MR) is 113 cm³/mol. The zero-order valence-electron chi connectivity index (χ0n) is 16.0. The molecule has 29 heavy (non-hydrogen) atoms. The van der Waals surface area contributed by atoms with E-state index in [-0.39, 0.29) is 0 Å².